The monoisotopic (exact) mass is 564 g/mol. The van der Waals surface area contributed by atoms with E-state index in [1.807, 2.05) is 73.2 Å². The van der Waals surface area contributed by atoms with Gasteiger partial charge >= 0.3 is 0 Å². The number of aromatic nitrogens is 2. The summed E-state index contributed by atoms with van der Waals surface area (Å²) < 4.78 is 0. The van der Waals surface area contributed by atoms with Crippen molar-refractivity contribution in [2.24, 2.45) is 5.92 Å². The molecule has 9 heteroatoms. The van der Waals surface area contributed by atoms with Gasteiger partial charge in [-0.1, -0.05) is 56.3 Å². The summed E-state index contributed by atoms with van der Waals surface area (Å²) >= 11 is 0. The SMILES string of the molecule is CNCc1ccc(C2Nc3cccc4c(=O)[nH]nc(c34)C2c2ccc(C(=O)N3CCN(C(=O)C(C)C)CC3)cc2)cc1. The summed E-state index contributed by atoms with van der Waals surface area (Å²) in [6.45, 7) is 6.73. The maximum absolute atomic E-state index is 13.4. The Kier molecular flexibility index (Phi) is 7.51. The van der Waals surface area contributed by atoms with Crippen LogP contribution in [0.3, 0.4) is 0 Å². The Hall–Kier alpha value is -4.50. The second-order valence-corrected chi connectivity index (χ2v) is 11.4. The summed E-state index contributed by atoms with van der Waals surface area (Å²) in [6.07, 6.45) is 0. The molecule has 1 saturated heterocycles. The fraction of sp³-hybridized carbons (Fsp3) is 0.333. The van der Waals surface area contributed by atoms with E-state index in [1.165, 1.54) is 5.56 Å². The maximum Gasteiger partial charge on any atom is 0.272 e. The van der Waals surface area contributed by atoms with Crippen molar-refractivity contribution in [3.8, 4) is 0 Å². The molecular formula is C33H36N6O3. The molecule has 3 aromatic carbocycles. The van der Waals surface area contributed by atoms with Crippen LogP contribution in [0.5, 0.6) is 0 Å². The smallest absolute Gasteiger partial charge is 0.272 e. The number of carbonyl (C=O) groups excluding carboxylic acids is 2. The molecule has 9 nitrogen and oxygen atoms in total. The van der Waals surface area contributed by atoms with Crippen molar-refractivity contribution < 1.29 is 9.59 Å². The summed E-state index contributed by atoms with van der Waals surface area (Å²) in [5.41, 5.74) is 5.35. The highest BCUT2D eigenvalue weighted by Gasteiger charge is 2.35. The zero-order valence-electron chi connectivity index (χ0n) is 24.2. The van der Waals surface area contributed by atoms with Crippen LogP contribution in [-0.4, -0.2) is 65.0 Å². The van der Waals surface area contributed by atoms with Crippen molar-refractivity contribution in [2.45, 2.75) is 32.4 Å². The molecule has 0 radical (unpaired) electrons. The average Bonchev–Trinajstić information content (AvgIpc) is 3.02. The van der Waals surface area contributed by atoms with Gasteiger partial charge < -0.3 is 20.4 Å². The van der Waals surface area contributed by atoms with Crippen LogP contribution >= 0.6 is 0 Å². The van der Waals surface area contributed by atoms with Crippen molar-refractivity contribution in [1.29, 1.82) is 0 Å². The summed E-state index contributed by atoms with van der Waals surface area (Å²) in [7, 11) is 1.93. The minimum Gasteiger partial charge on any atom is -0.377 e. The van der Waals surface area contributed by atoms with Gasteiger partial charge in [-0.2, -0.15) is 5.10 Å². The molecule has 1 fully saturated rings. The highest BCUT2D eigenvalue weighted by atomic mass is 16.2. The van der Waals surface area contributed by atoms with E-state index in [9.17, 15) is 14.4 Å². The molecule has 2 unspecified atom stereocenters. The van der Waals surface area contributed by atoms with E-state index in [2.05, 4.69) is 45.1 Å². The van der Waals surface area contributed by atoms with Crippen LogP contribution in [0.25, 0.3) is 10.8 Å². The van der Waals surface area contributed by atoms with Crippen LogP contribution < -0.4 is 16.2 Å². The van der Waals surface area contributed by atoms with E-state index in [0.29, 0.717) is 37.1 Å². The topological polar surface area (TPSA) is 110 Å². The van der Waals surface area contributed by atoms with E-state index >= 15 is 0 Å². The molecule has 0 bridgehead atoms. The lowest BCUT2D eigenvalue weighted by Crippen LogP contribution is -2.51. The predicted molar refractivity (Wildman–Crippen MR) is 164 cm³/mol. The van der Waals surface area contributed by atoms with Gasteiger partial charge in [-0.3, -0.25) is 14.4 Å². The molecule has 3 heterocycles. The van der Waals surface area contributed by atoms with Crippen molar-refractivity contribution in [2.75, 3.05) is 38.5 Å². The van der Waals surface area contributed by atoms with Crippen molar-refractivity contribution in [3.05, 3.63) is 105 Å². The molecule has 42 heavy (non-hydrogen) atoms. The van der Waals surface area contributed by atoms with Gasteiger partial charge in [0.1, 0.15) is 0 Å². The Bertz CT molecular complexity index is 1670. The van der Waals surface area contributed by atoms with Crippen molar-refractivity contribution in [3.63, 3.8) is 0 Å². The Morgan fingerprint density at radius 3 is 2.26 bits per heavy atom. The number of rotatable bonds is 6. The van der Waals surface area contributed by atoms with Crippen LogP contribution in [0.1, 0.15) is 58.5 Å². The van der Waals surface area contributed by atoms with E-state index in [-0.39, 0.29) is 35.3 Å². The summed E-state index contributed by atoms with van der Waals surface area (Å²) in [4.78, 5) is 42.1. The number of piperazine rings is 1. The summed E-state index contributed by atoms with van der Waals surface area (Å²) in [5.74, 6) is -0.157. The van der Waals surface area contributed by atoms with E-state index < -0.39 is 0 Å². The van der Waals surface area contributed by atoms with Gasteiger partial charge in [-0.15, -0.1) is 0 Å². The molecule has 2 aliphatic rings. The van der Waals surface area contributed by atoms with Gasteiger partial charge in [-0.25, -0.2) is 5.10 Å². The predicted octanol–water partition coefficient (Wildman–Crippen LogP) is 3.88. The van der Waals surface area contributed by atoms with Crippen LogP contribution in [0.15, 0.2) is 71.5 Å². The number of amides is 2. The maximum atomic E-state index is 13.4. The van der Waals surface area contributed by atoms with Gasteiger partial charge in [0, 0.05) is 55.3 Å². The first-order valence-electron chi connectivity index (χ1n) is 14.5. The zero-order chi connectivity index (χ0) is 29.4. The highest BCUT2D eigenvalue weighted by molar-refractivity contribution is 5.97. The molecule has 4 aromatic rings. The third-order valence-electron chi connectivity index (χ3n) is 8.39. The largest absolute Gasteiger partial charge is 0.377 e. The number of anilines is 1. The number of nitrogens with one attached hydrogen (secondary N) is 3. The van der Waals surface area contributed by atoms with E-state index in [1.54, 1.807) is 0 Å². The molecule has 2 amide bonds. The normalized spacial score (nSPS) is 18.3. The van der Waals surface area contributed by atoms with Crippen LogP contribution in [-0.2, 0) is 11.3 Å². The highest BCUT2D eigenvalue weighted by Crippen LogP contribution is 2.46. The third-order valence-corrected chi connectivity index (χ3v) is 8.39. The van der Waals surface area contributed by atoms with Gasteiger partial charge in [0.2, 0.25) is 5.91 Å². The minimum absolute atomic E-state index is 0.0356. The van der Waals surface area contributed by atoms with Gasteiger partial charge in [0.05, 0.1) is 23.0 Å². The first kappa shape index (κ1) is 27.7. The number of nitrogens with zero attached hydrogens (tertiary/aromatic N) is 3. The molecule has 0 saturated carbocycles. The van der Waals surface area contributed by atoms with E-state index in [0.717, 1.165) is 34.4 Å². The number of aromatic amines is 1. The quantitative estimate of drug-likeness (QED) is 0.328. The Balaban J connectivity index is 1.32. The molecule has 2 atom stereocenters. The lowest BCUT2D eigenvalue weighted by molar-refractivity contribution is -0.135. The van der Waals surface area contributed by atoms with Crippen LogP contribution in [0.2, 0.25) is 0 Å². The van der Waals surface area contributed by atoms with E-state index in [4.69, 9.17) is 0 Å². The van der Waals surface area contributed by atoms with Crippen LogP contribution in [0, 0.1) is 5.92 Å². The lowest BCUT2D eigenvalue weighted by Gasteiger charge is -2.36. The Labute approximate surface area is 244 Å². The minimum atomic E-state index is -0.220. The number of hydrogen-bond donors (Lipinski definition) is 3. The number of hydrogen-bond acceptors (Lipinski definition) is 6. The molecule has 0 spiro atoms. The molecule has 6 rings (SSSR count). The first-order chi connectivity index (χ1) is 20.4. The summed E-state index contributed by atoms with van der Waals surface area (Å²) in [6, 6.07) is 21.8. The average molecular weight is 565 g/mol. The number of carbonyl (C=O) groups is 2. The first-order valence-corrected chi connectivity index (χ1v) is 14.5. The number of H-pyrrole nitrogens is 1. The standard InChI is InChI=1S/C33H36N6O3/c1-20(2)32(41)38-15-17-39(18-16-38)33(42)24-13-11-22(12-14-24)27-29(23-9-7-21(8-10-23)19-34-3)35-26-6-4-5-25-28(26)30(27)36-37-31(25)40/h4-14,20,27,29,34-35H,15-19H2,1-3H3,(H,37,40). The molecule has 3 N–H and O–H groups in total. The molecule has 0 aliphatic carbocycles. The fourth-order valence-electron chi connectivity index (χ4n) is 6.18. The molecule has 2 aliphatic heterocycles. The molecule has 1 aromatic heterocycles. The molecular weight excluding hydrogens is 528 g/mol. The lowest BCUT2D eigenvalue weighted by atomic mass is 9.79. The second kappa shape index (κ2) is 11.4. The summed E-state index contributed by atoms with van der Waals surface area (Å²) in [5, 5.41) is 15.6. The van der Waals surface area contributed by atoms with Gasteiger partial charge in [0.15, 0.2) is 0 Å². The van der Waals surface area contributed by atoms with Gasteiger partial charge in [-0.05, 0) is 48.0 Å². The number of benzene rings is 3. The molecule has 216 valence electrons. The third kappa shape index (κ3) is 5.05. The second-order valence-electron chi connectivity index (χ2n) is 11.4. The van der Waals surface area contributed by atoms with Crippen LogP contribution in [0.4, 0.5) is 5.69 Å². The zero-order valence-corrected chi connectivity index (χ0v) is 24.2. The fourth-order valence-corrected chi connectivity index (χ4v) is 6.18. The Morgan fingerprint density at radius 1 is 0.929 bits per heavy atom. The van der Waals surface area contributed by atoms with Crippen molar-refractivity contribution >= 4 is 28.3 Å². The van der Waals surface area contributed by atoms with Gasteiger partial charge in [0.25, 0.3) is 11.5 Å². The van der Waals surface area contributed by atoms with Crippen molar-refractivity contribution in [1.82, 2.24) is 25.3 Å². The Morgan fingerprint density at radius 2 is 1.60 bits per heavy atom.